The van der Waals surface area contributed by atoms with Gasteiger partial charge in [-0.3, -0.25) is 0 Å². The van der Waals surface area contributed by atoms with Crippen LogP contribution in [0.4, 0.5) is 0 Å². The monoisotopic (exact) mass is 148 g/mol. The molecule has 3 atom stereocenters. The number of methoxy groups -OCH3 is 1. The molecule has 0 spiro atoms. The van der Waals surface area contributed by atoms with Crippen LogP contribution >= 0.6 is 0 Å². The van der Waals surface area contributed by atoms with Crippen molar-refractivity contribution in [2.75, 3.05) is 13.7 Å². The largest absolute Gasteiger partial charge is 0.390 e. The van der Waals surface area contributed by atoms with Crippen molar-refractivity contribution in [2.45, 2.75) is 24.9 Å². The molecule has 0 aromatic rings. The Labute approximate surface area is 59.4 Å². The Hall–Kier alpha value is -0.160. The zero-order valence-electron chi connectivity index (χ0n) is 5.86. The second-order valence-electron chi connectivity index (χ2n) is 2.37. The average Bonchev–Trinajstić information content (AvgIpc) is 1.95. The van der Waals surface area contributed by atoms with Crippen LogP contribution in [0, 0.1) is 0 Å². The van der Waals surface area contributed by atoms with Crippen LogP contribution in [-0.4, -0.2) is 42.4 Å². The molecule has 0 amide bonds. The molecule has 1 saturated heterocycles. The highest BCUT2D eigenvalue weighted by Gasteiger charge is 2.27. The number of hydrogen-bond acceptors (Lipinski definition) is 4. The SMILES string of the molecule is COC1C[C@@H](O)[C@H](O)CO1. The van der Waals surface area contributed by atoms with Crippen molar-refractivity contribution in [1.82, 2.24) is 0 Å². The van der Waals surface area contributed by atoms with Crippen molar-refractivity contribution < 1.29 is 19.7 Å². The Morgan fingerprint density at radius 3 is 2.60 bits per heavy atom. The third kappa shape index (κ3) is 1.67. The lowest BCUT2D eigenvalue weighted by atomic mass is 10.1. The first-order valence-corrected chi connectivity index (χ1v) is 3.24. The smallest absolute Gasteiger partial charge is 0.159 e. The summed E-state index contributed by atoms with van der Waals surface area (Å²) in [7, 11) is 1.51. The maximum atomic E-state index is 9.07. The van der Waals surface area contributed by atoms with E-state index in [2.05, 4.69) is 0 Å². The van der Waals surface area contributed by atoms with E-state index in [-0.39, 0.29) is 12.9 Å². The first kappa shape index (κ1) is 7.94. The second-order valence-corrected chi connectivity index (χ2v) is 2.37. The number of rotatable bonds is 1. The molecule has 0 saturated carbocycles. The molecule has 2 N–H and O–H groups in total. The molecule has 0 aliphatic carbocycles. The van der Waals surface area contributed by atoms with Gasteiger partial charge in [-0.05, 0) is 0 Å². The summed E-state index contributed by atoms with van der Waals surface area (Å²) >= 11 is 0. The number of ether oxygens (including phenoxy) is 2. The van der Waals surface area contributed by atoms with Crippen molar-refractivity contribution in [3.05, 3.63) is 0 Å². The molecule has 0 aromatic heterocycles. The summed E-state index contributed by atoms with van der Waals surface area (Å²) in [5, 5.41) is 18.0. The third-order valence-corrected chi connectivity index (χ3v) is 1.59. The van der Waals surface area contributed by atoms with E-state index in [0.29, 0.717) is 6.42 Å². The highest BCUT2D eigenvalue weighted by Crippen LogP contribution is 2.14. The average molecular weight is 148 g/mol. The number of aliphatic hydroxyl groups excluding tert-OH is 2. The van der Waals surface area contributed by atoms with Gasteiger partial charge in [0.1, 0.15) is 6.10 Å². The highest BCUT2D eigenvalue weighted by molar-refractivity contribution is 4.72. The molecule has 1 rings (SSSR count). The Kier molecular flexibility index (Phi) is 2.62. The lowest BCUT2D eigenvalue weighted by molar-refractivity contribution is -0.206. The fraction of sp³-hybridized carbons (Fsp3) is 1.00. The maximum Gasteiger partial charge on any atom is 0.159 e. The van der Waals surface area contributed by atoms with E-state index < -0.39 is 12.2 Å². The van der Waals surface area contributed by atoms with Crippen LogP contribution in [0.2, 0.25) is 0 Å². The zero-order valence-corrected chi connectivity index (χ0v) is 5.86. The van der Waals surface area contributed by atoms with Gasteiger partial charge in [0.05, 0.1) is 12.7 Å². The lowest BCUT2D eigenvalue weighted by Crippen LogP contribution is -2.41. The summed E-state index contributed by atoms with van der Waals surface area (Å²) in [6, 6.07) is 0. The third-order valence-electron chi connectivity index (χ3n) is 1.59. The van der Waals surface area contributed by atoms with Crippen LogP contribution in [0.3, 0.4) is 0 Å². The van der Waals surface area contributed by atoms with Gasteiger partial charge in [0.15, 0.2) is 6.29 Å². The predicted octanol–water partition coefficient (Wildman–Crippen LogP) is -0.899. The van der Waals surface area contributed by atoms with Crippen LogP contribution in [0.15, 0.2) is 0 Å². The number of aliphatic hydroxyl groups is 2. The molecular weight excluding hydrogens is 136 g/mol. The minimum Gasteiger partial charge on any atom is -0.390 e. The Bertz CT molecular complexity index is 106. The summed E-state index contributed by atoms with van der Waals surface area (Å²) in [5.74, 6) is 0. The molecular formula is C6H12O4. The van der Waals surface area contributed by atoms with Gasteiger partial charge in [0.25, 0.3) is 0 Å². The summed E-state index contributed by atoms with van der Waals surface area (Å²) in [6.45, 7) is 0.152. The molecule has 0 bridgehead atoms. The molecule has 0 aromatic carbocycles. The Balaban J connectivity index is 2.33. The van der Waals surface area contributed by atoms with Crippen LogP contribution in [0.25, 0.3) is 0 Å². The van der Waals surface area contributed by atoms with Crippen molar-refractivity contribution in [2.24, 2.45) is 0 Å². The number of hydrogen-bond donors (Lipinski definition) is 2. The fourth-order valence-corrected chi connectivity index (χ4v) is 0.904. The molecule has 1 heterocycles. The van der Waals surface area contributed by atoms with Crippen molar-refractivity contribution >= 4 is 0 Å². The van der Waals surface area contributed by atoms with Crippen molar-refractivity contribution in [3.8, 4) is 0 Å². The molecule has 60 valence electrons. The van der Waals surface area contributed by atoms with Gasteiger partial charge in [0.2, 0.25) is 0 Å². The predicted molar refractivity (Wildman–Crippen MR) is 33.4 cm³/mol. The Morgan fingerprint density at radius 1 is 1.40 bits per heavy atom. The van der Waals surface area contributed by atoms with E-state index in [1.807, 2.05) is 0 Å². The Morgan fingerprint density at radius 2 is 2.10 bits per heavy atom. The molecule has 4 nitrogen and oxygen atoms in total. The minimum atomic E-state index is -0.758. The van der Waals surface area contributed by atoms with Gasteiger partial charge in [-0.1, -0.05) is 0 Å². The van der Waals surface area contributed by atoms with E-state index in [4.69, 9.17) is 19.7 Å². The van der Waals surface area contributed by atoms with Crippen molar-refractivity contribution in [1.29, 1.82) is 0 Å². The molecule has 4 heteroatoms. The molecule has 1 aliphatic heterocycles. The molecule has 10 heavy (non-hydrogen) atoms. The van der Waals surface area contributed by atoms with E-state index in [9.17, 15) is 0 Å². The van der Waals surface area contributed by atoms with Crippen LogP contribution in [0.5, 0.6) is 0 Å². The zero-order chi connectivity index (χ0) is 7.56. The first-order chi connectivity index (χ1) is 4.74. The second kappa shape index (κ2) is 3.30. The summed E-state index contributed by atoms with van der Waals surface area (Å²) in [5.41, 5.74) is 0. The van der Waals surface area contributed by atoms with Gasteiger partial charge in [-0.25, -0.2) is 0 Å². The van der Waals surface area contributed by atoms with Gasteiger partial charge in [-0.2, -0.15) is 0 Å². The molecule has 1 aliphatic rings. The van der Waals surface area contributed by atoms with E-state index in [1.165, 1.54) is 7.11 Å². The van der Waals surface area contributed by atoms with Crippen LogP contribution < -0.4 is 0 Å². The van der Waals surface area contributed by atoms with E-state index >= 15 is 0 Å². The fourth-order valence-electron chi connectivity index (χ4n) is 0.904. The van der Waals surface area contributed by atoms with Gasteiger partial charge in [-0.15, -0.1) is 0 Å². The summed E-state index contributed by atoms with van der Waals surface area (Å²) in [6.07, 6.45) is -1.49. The van der Waals surface area contributed by atoms with Crippen molar-refractivity contribution in [3.63, 3.8) is 0 Å². The normalized spacial score (nSPS) is 41.7. The van der Waals surface area contributed by atoms with E-state index in [1.54, 1.807) is 0 Å². The van der Waals surface area contributed by atoms with Crippen LogP contribution in [0.1, 0.15) is 6.42 Å². The van der Waals surface area contributed by atoms with Gasteiger partial charge < -0.3 is 19.7 Å². The van der Waals surface area contributed by atoms with Gasteiger partial charge >= 0.3 is 0 Å². The summed E-state index contributed by atoms with van der Waals surface area (Å²) in [4.78, 5) is 0. The maximum absolute atomic E-state index is 9.07. The molecule has 1 unspecified atom stereocenters. The summed E-state index contributed by atoms with van der Waals surface area (Å²) < 4.78 is 9.79. The van der Waals surface area contributed by atoms with E-state index in [0.717, 1.165) is 0 Å². The van der Waals surface area contributed by atoms with Gasteiger partial charge in [0, 0.05) is 13.5 Å². The molecule has 1 fully saturated rings. The van der Waals surface area contributed by atoms with Crippen LogP contribution in [-0.2, 0) is 9.47 Å². The topological polar surface area (TPSA) is 58.9 Å². The quantitative estimate of drug-likeness (QED) is 0.506. The first-order valence-electron chi connectivity index (χ1n) is 3.24. The minimum absolute atomic E-state index is 0.152. The lowest BCUT2D eigenvalue weighted by Gasteiger charge is -2.29. The molecule has 0 radical (unpaired) electrons. The standard InChI is InChI=1S/C6H12O4/c1-9-6-2-4(7)5(8)3-10-6/h4-8H,2-3H2,1H3/t4-,5-,6?/m1/s1. The highest BCUT2D eigenvalue weighted by atomic mass is 16.7.